The van der Waals surface area contributed by atoms with Crippen LogP contribution in [0.3, 0.4) is 0 Å². The van der Waals surface area contributed by atoms with E-state index in [0.29, 0.717) is 27.2 Å². The van der Waals surface area contributed by atoms with Gasteiger partial charge in [0, 0.05) is 22.8 Å². The van der Waals surface area contributed by atoms with Crippen LogP contribution in [0, 0.1) is 0 Å². The number of halogens is 1. The number of hydrogen-bond donors (Lipinski definition) is 2. The number of aromatic nitrogens is 3. The summed E-state index contributed by atoms with van der Waals surface area (Å²) in [6.07, 6.45) is 3.05. The smallest absolute Gasteiger partial charge is 0.275 e. The number of nitrogens with zero attached hydrogens (tertiary/aromatic N) is 3. The fraction of sp³-hybridized carbons (Fsp3) is 0.0909. The van der Waals surface area contributed by atoms with Crippen molar-refractivity contribution in [1.29, 1.82) is 0 Å². The number of carbonyl (C=O) groups is 2. The van der Waals surface area contributed by atoms with Crippen LogP contribution in [0.1, 0.15) is 10.5 Å². The van der Waals surface area contributed by atoms with E-state index in [1.165, 1.54) is 22.2 Å². The Labute approximate surface area is 192 Å². The number of methoxy groups -OCH3 is 1. The summed E-state index contributed by atoms with van der Waals surface area (Å²) in [5, 5.41) is 12.5. The fourth-order valence-corrected chi connectivity index (χ4v) is 3.99. The maximum Gasteiger partial charge on any atom is 0.275 e. The predicted molar refractivity (Wildman–Crippen MR) is 124 cm³/mol. The molecule has 0 aliphatic rings. The molecule has 2 amide bonds. The minimum Gasteiger partial charge on any atom is -0.497 e. The second kappa shape index (κ2) is 9.63. The van der Waals surface area contributed by atoms with E-state index in [1.807, 2.05) is 18.2 Å². The van der Waals surface area contributed by atoms with Crippen LogP contribution in [0.15, 0.2) is 66.3 Å². The van der Waals surface area contributed by atoms with Gasteiger partial charge in [-0.15, -0.1) is 11.3 Å². The average molecular weight is 468 g/mol. The van der Waals surface area contributed by atoms with Gasteiger partial charge < -0.3 is 15.4 Å². The molecule has 0 saturated carbocycles. The third-order valence-corrected chi connectivity index (χ3v) is 5.62. The van der Waals surface area contributed by atoms with Crippen molar-refractivity contribution in [3.8, 4) is 16.3 Å². The van der Waals surface area contributed by atoms with Crippen LogP contribution in [0.2, 0.25) is 5.02 Å². The number of nitrogens with one attached hydrogen (secondary N) is 2. The van der Waals surface area contributed by atoms with E-state index in [2.05, 4.69) is 20.7 Å². The molecule has 0 radical (unpaired) electrons. The minimum absolute atomic E-state index is 0.00471. The molecule has 0 atom stereocenters. The first-order valence-corrected chi connectivity index (χ1v) is 10.8. The van der Waals surface area contributed by atoms with Crippen molar-refractivity contribution >= 4 is 46.1 Å². The highest BCUT2D eigenvalue weighted by Crippen LogP contribution is 2.30. The van der Waals surface area contributed by atoms with Crippen LogP contribution in [0.4, 0.5) is 11.4 Å². The molecular formula is C22H18ClN5O3S. The Hall–Kier alpha value is -3.69. The Bertz CT molecular complexity index is 1250. The number of rotatable bonds is 7. The van der Waals surface area contributed by atoms with Gasteiger partial charge >= 0.3 is 0 Å². The van der Waals surface area contributed by atoms with Gasteiger partial charge in [-0.3, -0.25) is 14.3 Å². The Kier molecular flexibility index (Phi) is 6.48. The molecule has 0 fully saturated rings. The average Bonchev–Trinajstić information content (AvgIpc) is 3.44. The van der Waals surface area contributed by atoms with Gasteiger partial charge in [0.1, 0.15) is 23.0 Å². The van der Waals surface area contributed by atoms with Gasteiger partial charge in [-0.05, 0) is 30.3 Å². The van der Waals surface area contributed by atoms with Crippen LogP contribution in [-0.2, 0) is 11.3 Å². The van der Waals surface area contributed by atoms with E-state index in [-0.39, 0.29) is 24.1 Å². The molecule has 10 heteroatoms. The summed E-state index contributed by atoms with van der Waals surface area (Å²) in [7, 11) is 1.58. The van der Waals surface area contributed by atoms with Crippen molar-refractivity contribution in [2.75, 3.05) is 17.7 Å². The van der Waals surface area contributed by atoms with Gasteiger partial charge in [0.15, 0.2) is 0 Å². The highest BCUT2D eigenvalue weighted by atomic mass is 35.5. The highest BCUT2D eigenvalue weighted by Gasteiger charge is 2.15. The summed E-state index contributed by atoms with van der Waals surface area (Å²) in [5.74, 6) is 0.0800. The third-order valence-electron chi connectivity index (χ3n) is 4.41. The zero-order valence-corrected chi connectivity index (χ0v) is 18.5. The first-order chi connectivity index (χ1) is 15.5. The normalized spacial score (nSPS) is 10.6. The molecule has 2 aromatic carbocycles. The lowest BCUT2D eigenvalue weighted by molar-refractivity contribution is -0.116. The predicted octanol–water partition coefficient (Wildman–Crippen LogP) is 4.56. The largest absolute Gasteiger partial charge is 0.497 e. The van der Waals surface area contributed by atoms with E-state index in [1.54, 1.807) is 49.0 Å². The molecule has 0 bridgehead atoms. The summed E-state index contributed by atoms with van der Waals surface area (Å²) in [6, 6.07) is 14.3. The van der Waals surface area contributed by atoms with Gasteiger partial charge in [0.05, 0.1) is 24.0 Å². The van der Waals surface area contributed by atoms with Crippen LogP contribution in [0.25, 0.3) is 10.6 Å². The van der Waals surface area contributed by atoms with Gasteiger partial charge in [-0.25, -0.2) is 4.98 Å². The molecule has 8 nitrogen and oxygen atoms in total. The molecule has 162 valence electrons. The van der Waals surface area contributed by atoms with Crippen molar-refractivity contribution in [2.45, 2.75) is 6.54 Å². The van der Waals surface area contributed by atoms with Gasteiger partial charge in [-0.1, -0.05) is 29.8 Å². The molecule has 2 heterocycles. The molecule has 4 aromatic rings. The number of hydrogen-bond acceptors (Lipinski definition) is 6. The number of benzene rings is 2. The van der Waals surface area contributed by atoms with Gasteiger partial charge in [0.2, 0.25) is 5.91 Å². The summed E-state index contributed by atoms with van der Waals surface area (Å²) in [5.41, 5.74) is 2.15. The summed E-state index contributed by atoms with van der Waals surface area (Å²) >= 11 is 7.54. The molecule has 0 unspecified atom stereocenters. The monoisotopic (exact) mass is 467 g/mol. The van der Waals surface area contributed by atoms with Crippen LogP contribution in [-0.4, -0.2) is 33.7 Å². The van der Waals surface area contributed by atoms with E-state index in [0.717, 1.165) is 5.56 Å². The number of thiazole rings is 1. The highest BCUT2D eigenvalue weighted by molar-refractivity contribution is 7.13. The lowest BCUT2D eigenvalue weighted by Crippen LogP contribution is -2.19. The van der Waals surface area contributed by atoms with Crippen LogP contribution >= 0.6 is 22.9 Å². The van der Waals surface area contributed by atoms with Crippen molar-refractivity contribution in [1.82, 2.24) is 14.8 Å². The Balaban J connectivity index is 1.35. The minimum atomic E-state index is -0.373. The molecular weight excluding hydrogens is 450 g/mol. The zero-order chi connectivity index (χ0) is 22.5. The molecule has 0 saturated heterocycles. The quantitative estimate of drug-likeness (QED) is 0.415. The summed E-state index contributed by atoms with van der Waals surface area (Å²) in [4.78, 5) is 29.2. The lowest BCUT2D eigenvalue weighted by Gasteiger charge is -2.06. The second-order valence-electron chi connectivity index (χ2n) is 6.68. The third kappa shape index (κ3) is 5.13. The van der Waals surface area contributed by atoms with Gasteiger partial charge in [-0.2, -0.15) is 5.10 Å². The SMILES string of the molecule is COc1ccc(NC(=O)Cn2cc(NC(=O)c3csc(-c4ccccc4Cl)n3)cn2)cc1. The number of amides is 2. The molecule has 0 spiro atoms. The van der Waals surface area contributed by atoms with Gasteiger partial charge in [0.25, 0.3) is 5.91 Å². The van der Waals surface area contributed by atoms with E-state index in [9.17, 15) is 9.59 Å². The van der Waals surface area contributed by atoms with Crippen LogP contribution < -0.4 is 15.4 Å². The Morgan fingerprint density at radius 3 is 2.62 bits per heavy atom. The van der Waals surface area contributed by atoms with Crippen LogP contribution in [0.5, 0.6) is 5.75 Å². The molecule has 2 N–H and O–H groups in total. The standard InChI is InChI=1S/C22H18ClN5O3S/c1-31-16-8-6-14(7-9-16)25-20(29)12-28-11-15(10-24-28)26-21(30)19-13-32-22(27-19)17-4-2-3-5-18(17)23/h2-11,13H,12H2,1H3,(H,25,29)(H,26,30). The molecule has 4 rings (SSSR count). The summed E-state index contributed by atoms with van der Waals surface area (Å²) in [6.45, 7) is -0.00471. The number of carbonyl (C=O) groups excluding carboxylic acids is 2. The first kappa shape index (κ1) is 21.5. The molecule has 0 aliphatic carbocycles. The van der Waals surface area contributed by atoms with Crippen molar-refractivity contribution in [3.63, 3.8) is 0 Å². The number of anilines is 2. The molecule has 32 heavy (non-hydrogen) atoms. The maximum absolute atomic E-state index is 12.5. The van der Waals surface area contributed by atoms with Crippen molar-refractivity contribution in [3.05, 3.63) is 77.0 Å². The second-order valence-corrected chi connectivity index (χ2v) is 7.94. The van der Waals surface area contributed by atoms with E-state index < -0.39 is 0 Å². The van der Waals surface area contributed by atoms with Crippen molar-refractivity contribution < 1.29 is 14.3 Å². The van der Waals surface area contributed by atoms with E-state index >= 15 is 0 Å². The Morgan fingerprint density at radius 2 is 1.88 bits per heavy atom. The van der Waals surface area contributed by atoms with Crippen molar-refractivity contribution in [2.24, 2.45) is 0 Å². The lowest BCUT2D eigenvalue weighted by atomic mass is 10.2. The zero-order valence-electron chi connectivity index (χ0n) is 16.9. The maximum atomic E-state index is 12.5. The summed E-state index contributed by atoms with van der Waals surface area (Å²) < 4.78 is 6.53. The van der Waals surface area contributed by atoms with E-state index in [4.69, 9.17) is 16.3 Å². The molecule has 0 aliphatic heterocycles. The molecule has 2 aromatic heterocycles. The first-order valence-electron chi connectivity index (χ1n) is 9.50. The Morgan fingerprint density at radius 1 is 1.09 bits per heavy atom. The topological polar surface area (TPSA) is 98.1 Å². The number of ether oxygens (including phenoxy) is 1. The fourth-order valence-electron chi connectivity index (χ4n) is 2.87.